The lowest BCUT2D eigenvalue weighted by Crippen LogP contribution is -2.03. The van der Waals surface area contributed by atoms with E-state index < -0.39 is 0 Å². The molecule has 2 rings (SSSR count). The maximum atomic E-state index is 5.60. The van der Waals surface area contributed by atoms with Gasteiger partial charge >= 0.3 is 0 Å². The van der Waals surface area contributed by atoms with Gasteiger partial charge in [-0.25, -0.2) is 0 Å². The Bertz CT molecular complexity index is 278. The zero-order valence-electron chi connectivity index (χ0n) is 8.01. The highest BCUT2D eigenvalue weighted by Gasteiger charge is 2.13. The second-order valence-electron chi connectivity index (χ2n) is 3.76. The van der Waals surface area contributed by atoms with E-state index in [4.69, 9.17) is 5.73 Å². The van der Waals surface area contributed by atoms with Crippen molar-refractivity contribution < 1.29 is 0 Å². The minimum absolute atomic E-state index is 0.799. The van der Waals surface area contributed by atoms with Crippen molar-refractivity contribution in [2.45, 2.75) is 38.5 Å². The number of aryl methyl sites for hydroxylation is 1. The molecule has 1 aromatic rings. The summed E-state index contributed by atoms with van der Waals surface area (Å²) in [6.45, 7) is 0.799. The van der Waals surface area contributed by atoms with Crippen LogP contribution in [0.15, 0.2) is 5.38 Å². The predicted octanol–water partition coefficient (Wildman–Crippen LogP) is 2.52. The van der Waals surface area contributed by atoms with Gasteiger partial charge in [-0.15, -0.1) is 11.3 Å². The first-order chi connectivity index (χ1) is 6.42. The fraction of sp³-hybridized carbons (Fsp3) is 0.636. The molecule has 0 spiro atoms. The lowest BCUT2D eigenvalue weighted by atomic mass is 10.1. The largest absolute Gasteiger partial charge is 0.330 e. The molecule has 1 aliphatic carbocycles. The number of fused-ring (bicyclic) bond motifs is 1. The first-order valence-corrected chi connectivity index (χ1v) is 6.08. The summed E-state index contributed by atoms with van der Waals surface area (Å²) in [6.07, 6.45) is 7.85. The molecule has 0 saturated carbocycles. The van der Waals surface area contributed by atoms with Crippen LogP contribution in [0, 0.1) is 0 Å². The van der Waals surface area contributed by atoms with Crippen molar-refractivity contribution in [2.75, 3.05) is 6.54 Å². The average molecular weight is 195 g/mol. The summed E-state index contributed by atoms with van der Waals surface area (Å²) < 4.78 is 0. The van der Waals surface area contributed by atoms with Crippen LogP contribution in [0.4, 0.5) is 0 Å². The third-order valence-electron chi connectivity index (χ3n) is 2.81. The standard InChI is InChI=1S/C11H17NS/c12-7-6-11-10-5-3-1-2-4-9(10)8-13-11/h8H,1-7,12H2. The van der Waals surface area contributed by atoms with E-state index in [9.17, 15) is 0 Å². The van der Waals surface area contributed by atoms with Crippen molar-refractivity contribution in [3.8, 4) is 0 Å². The van der Waals surface area contributed by atoms with Crippen LogP contribution in [0.2, 0.25) is 0 Å². The molecule has 1 aromatic heterocycles. The predicted molar refractivity (Wildman–Crippen MR) is 58.3 cm³/mol. The molecule has 0 unspecified atom stereocenters. The Morgan fingerprint density at radius 3 is 2.92 bits per heavy atom. The molecule has 0 fully saturated rings. The Hall–Kier alpha value is -0.340. The van der Waals surface area contributed by atoms with Gasteiger partial charge in [-0.1, -0.05) is 6.42 Å². The molecule has 0 atom stereocenters. The Labute approximate surface area is 84.0 Å². The maximum absolute atomic E-state index is 5.60. The Balaban J connectivity index is 2.23. The van der Waals surface area contributed by atoms with Crippen molar-refractivity contribution in [1.82, 2.24) is 0 Å². The molecular formula is C11H17NS. The number of rotatable bonds is 2. The number of thiophene rings is 1. The molecule has 0 aromatic carbocycles. The van der Waals surface area contributed by atoms with Crippen LogP contribution < -0.4 is 5.73 Å². The van der Waals surface area contributed by atoms with Gasteiger partial charge in [-0.3, -0.25) is 0 Å². The molecule has 1 nitrogen and oxygen atoms in total. The molecule has 0 saturated heterocycles. The zero-order valence-corrected chi connectivity index (χ0v) is 8.83. The Morgan fingerprint density at radius 2 is 2.08 bits per heavy atom. The summed E-state index contributed by atoms with van der Waals surface area (Å²) in [5, 5.41) is 2.35. The second kappa shape index (κ2) is 4.25. The van der Waals surface area contributed by atoms with E-state index in [0.29, 0.717) is 0 Å². The highest BCUT2D eigenvalue weighted by molar-refractivity contribution is 7.10. The maximum Gasteiger partial charge on any atom is 0.00926 e. The van der Waals surface area contributed by atoms with Gasteiger partial charge in [0.15, 0.2) is 0 Å². The van der Waals surface area contributed by atoms with Gasteiger partial charge in [-0.05, 0) is 55.2 Å². The molecule has 1 heterocycles. The third kappa shape index (κ3) is 1.94. The summed E-state index contributed by atoms with van der Waals surface area (Å²) in [5.41, 5.74) is 8.86. The van der Waals surface area contributed by atoms with E-state index in [1.165, 1.54) is 32.1 Å². The van der Waals surface area contributed by atoms with Gasteiger partial charge in [0.05, 0.1) is 0 Å². The van der Waals surface area contributed by atoms with Gasteiger partial charge in [0.25, 0.3) is 0 Å². The average Bonchev–Trinajstić information content (AvgIpc) is 2.38. The molecule has 0 aliphatic heterocycles. The second-order valence-corrected chi connectivity index (χ2v) is 4.73. The molecule has 0 bridgehead atoms. The van der Waals surface area contributed by atoms with Crippen molar-refractivity contribution in [2.24, 2.45) is 5.73 Å². The molecular weight excluding hydrogens is 178 g/mol. The quantitative estimate of drug-likeness (QED) is 0.721. The molecule has 0 amide bonds. The van der Waals surface area contributed by atoms with Crippen LogP contribution in [0.25, 0.3) is 0 Å². The molecule has 0 radical (unpaired) electrons. The number of nitrogens with two attached hydrogens (primary N) is 1. The van der Waals surface area contributed by atoms with Crippen LogP contribution >= 0.6 is 11.3 Å². The van der Waals surface area contributed by atoms with Crippen LogP contribution in [0.1, 0.15) is 35.3 Å². The van der Waals surface area contributed by atoms with Crippen LogP contribution in [-0.4, -0.2) is 6.54 Å². The van der Waals surface area contributed by atoms with E-state index >= 15 is 0 Å². The van der Waals surface area contributed by atoms with Crippen LogP contribution in [-0.2, 0) is 19.3 Å². The van der Waals surface area contributed by atoms with Crippen LogP contribution in [0.3, 0.4) is 0 Å². The smallest absolute Gasteiger partial charge is 0.00926 e. The highest BCUT2D eigenvalue weighted by Crippen LogP contribution is 2.29. The zero-order chi connectivity index (χ0) is 9.10. The fourth-order valence-electron chi connectivity index (χ4n) is 2.11. The van der Waals surface area contributed by atoms with Gasteiger partial charge in [0.2, 0.25) is 0 Å². The van der Waals surface area contributed by atoms with E-state index in [-0.39, 0.29) is 0 Å². The lowest BCUT2D eigenvalue weighted by Gasteiger charge is -2.01. The molecule has 13 heavy (non-hydrogen) atoms. The van der Waals surface area contributed by atoms with Gasteiger partial charge in [0.1, 0.15) is 0 Å². The van der Waals surface area contributed by atoms with E-state index in [0.717, 1.165) is 13.0 Å². The topological polar surface area (TPSA) is 26.0 Å². The Kier molecular flexibility index (Phi) is 3.01. The monoisotopic (exact) mass is 195 g/mol. The van der Waals surface area contributed by atoms with Gasteiger partial charge in [0, 0.05) is 4.88 Å². The van der Waals surface area contributed by atoms with Gasteiger partial charge < -0.3 is 5.73 Å². The van der Waals surface area contributed by atoms with Gasteiger partial charge in [-0.2, -0.15) is 0 Å². The van der Waals surface area contributed by atoms with Crippen molar-refractivity contribution in [3.05, 3.63) is 21.4 Å². The SMILES string of the molecule is NCCc1scc2c1CCCCC2. The van der Waals surface area contributed by atoms with Crippen molar-refractivity contribution >= 4 is 11.3 Å². The minimum Gasteiger partial charge on any atom is -0.330 e. The minimum atomic E-state index is 0.799. The first-order valence-electron chi connectivity index (χ1n) is 5.20. The third-order valence-corrected chi connectivity index (χ3v) is 3.95. The van der Waals surface area contributed by atoms with Crippen LogP contribution in [0.5, 0.6) is 0 Å². The van der Waals surface area contributed by atoms with Crippen molar-refractivity contribution in [1.29, 1.82) is 0 Å². The lowest BCUT2D eigenvalue weighted by molar-refractivity contribution is 0.710. The molecule has 2 heteroatoms. The van der Waals surface area contributed by atoms with E-state index in [1.807, 2.05) is 11.3 Å². The van der Waals surface area contributed by atoms with E-state index in [1.54, 1.807) is 16.0 Å². The fourth-order valence-corrected chi connectivity index (χ4v) is 3.26. The number of hydrogen-bond acceptors (Lipinski definition) is 2. The molecule has 2 N–H and O–H groups in total. The number of hydrogen-bond donors (Lipinski definition) is 1. The van der Waals surface area contributed by atoms with Crippen molar-refractivity contribution in [3.63, 3.8) is 0 Å². The van der Waals surface area contributed by atoms with E-state index in [2.05, 4.69) is 5.38 Å². The summed E-state index contributed by atoms with van der Waals surface area (Å²) in [6, 6.07) is 0. The normalized spacial score (nSPS) is 16.7. The summed E-state index contributed by atoms with van der Waals surface area (Å²) in [4.78, 5) is 1.56. The Morgan fingerprint density at radius 1 is 1.23 bits per heavy atom. The summed E-state index contributed by atoms with van der Waals surface area (Å²) in [7, 11) is 0. The molecule has 72 valence electrons. The summed E-state index contributed by atoms with van der Waals surface area (Å²) >= 11 is 1.92. The highest BCUT2D eigenvalue weighted by atomic mass is 32.1. The summed E-state index contributed by atoms with van der Waals surface area (Å²) in [5.74, 6) is 0. The molecule has 1 aliphatic rings. The first kappa shape index (κ1) is 9.22.